The Labute approximate surface area is 235 Å². The maximum absolute atomic E-state index is 15.2. The smallest absolute Gasteiger partial charge is 0.252 e. The van der Waals surface area contributed by atoms with Gasteiger partial charge in [0.15, 0.2) is 10.9 Å². The summed E-state index contributed by atoms with van der Waals surface area (Å²) in [6.07, 6.45) is -0.972. The number of likely N-dealkylation sites (tertiary alicyclic amines) is 1. The van der Waals surface area contributed by atoms with Gasteiger partial charge in [-0.1, -0.05) is 0 Å². The molecule has 0 radical (unpaired) electrons. The minimum Gasteiger partial charge on any atom is -0.366 e. The third kappa shape index (κ3) is 5.87. The molecule has 3 aliphatic rings. The Bertz CT molecular complexity index is 1290. The van der Waals surface area contributed by atoms with Crippen molar-refractivity contribution in [3.8, 4) is 11.3 Å². The number of rotatable bonds is 7. The lowest BCUT2D eigenvalue weighted by molar-refractivity contribution is -0.138. The molecule has 10 nitrogen and oxygen atoms in total. The van der Waals surface area contributed by atoms with Crippen LogP contribution in [-0.2, 0) is 14.3 Å². The number of hydrogen-bond donors (Lipinski definition) is 2. The number of anilines is 1. The summed E-state index contributed by atoms with van der Waals surface area (Å²) in [5.74, 6) is -2.29. The lowest BCUT2D eigenvalue weighted by atomic mass is 9.98. The van der Waals surface area contributed by atoms with Crippen molar-refractivity contribution in [2.45, 2.75) is 50.2 Å². The first-order valence-electron chi connectivity index (χ1n) is 13.3. The van der Waals surface area contributed by atoms with Gasteiger partial charge in [0.1, 0.15) is 36.3 Å². The molecule has 40 heavy (non-hydrogen) atoms. The third-order valence-corrected chi connectivity index (χ3v) is 8.47. The fourth-order valence-corrected chi connectivity index (χ4v) is 6.32. The van der Waals surface area contributed by atoms with Gasteiger partial charge in [-0.25, -0.2) is 13.8 Å². The highest BCUT2D eigenvalue weighted by Crippen LogP contribution is 2.31. The molecule has 1 aromatic carbocycles. The van der Waals surface area contributed by atoms with E-state index in [-0.39, 0.29) is 36.5 Å². The maximum Gasteiger partial charge on any atom is 0.252 e. The molecule has 3 N–H and O–H groups in total. The van der Waals surface area contributed by atoms with Crippen LogP contribution in [0.4, 0.5) is 13.9 Å². The number of fused-ring (bicyclic) bond motifs is 1. The van der Waals surface area contributed by atoms with Crippen LogP contribution < -0.4 is 16.0 Å². The summed E-state index contributed by atoms with van der Waals surface area (Å²) in [4.78, 5) is 49.3. The Morgan fingerprint density at radius 2 is 2.00 bits per heavy atom. The number of ether oxygens (including phenoxy) is 1. The van der Waals surface area contributed by atoms with Gasteiger partial charge in [-0.3, -0.25) is 14.4 Å². The van der Waals surface area contributed by atoms with Crippen LogP contribution in [0.1, 0.15) is 30.6 Å². The van der Waals surface area contributed by atoms with E-state index in [0.717, 1.165) is 37.4 Å². The largest absolute Gasteiger partial charge is 0.366 e. The molecule has 0 spiro atoms. The molecule has 4 unspecified atom stereocenters. The fourth-order valence-electron chi connectivity index (χ4n) is 5.44. The Morgan fingerprint density at radius 3 is 2.67 bits per heavy atom. The second kappa shape index (κ2) is 11.1. The number of nitrogens with one attached hydrogen (secondary N) is 1. The van der Waals surface area contributed by atoms with Gasteiger partial charge in [-0.05, 0) is 39.1 Å². The van der Waals surface area contributed by atoms with Crippen LogP contribution in [0, 0.1) is 5.82 Å². The average molecular weight is 577 g/mol. The van der Waals surface area contributed by atoms with Crippen LogP contribution in [0.3, 0.4) is 0 Å². The van der Waals surface area contributed by atoms with E-state index in [9.17, 15) is 18.8 Å². The number of likely N-dealkylation sites (N-methyl/N-ethyl adjacent to an activating group) is 1. The zero-order valence-corrected chi connectivity index (χ0v) is 23.5. The highest BCUT2D eigenvalue weighted by Gasteiger charge is 2.52. The molecule has 0 saturated carbocycles. The summed E-state index contributed by atoms with van der Waals surface area (Å²) in [5, 5.41) is 5.16. The summed E-state index contributed by atoms with van der Waals surface area (Å²) in [6, 6.07) is 1.27. The number of hydrogen-bond acceptors (Lipinski definition) is 9. The van der Waals surface area contributed by atoms with Gasteiger partial charge in [-0.2, -0.15) is 0 Å². The first-order chi connectivity index (χ1) is 18.9. The van der Waals surface area contributed by atoms with Crippen molar-refractivity contribution in [3.63, 3.8) is 0 Å². The standard InChI is InChI=1S/C27H34F2N6O4S/c1-27(2,29)11-19(25(38)35-12-18(30)23-22(35)21(36)13-39-23)31-24(37)15-4-5-16(17(28)10-15)20-14-40-26(32-20)34-8-6-33(3)7-9-34/h4-5,10,14,18-19,22-23H,6-9,11-13,30H2,1-3H3,(H,31,37). The molecule has 1 aromatic heterocycles. The van der Waals surface area contributed by atoms with E-state index in [1.54, 1.807) is 5.38 Å². The summed E-state index contributed by atoms with van der Waals surface area (Å²) in [5.41, 5.74) is 4.96. The molecule has 2 amide bonds. The van der Waals surface area contributed by atoms with Crippen LogP contribution >= 0.6 is 11.3 Å². The van der Waals surface area contributed by atoms with E-state index >= 15 is 4.39 Å². The number of carbonyl (C=O) groups excluding carboxylic acids is 3. The molecule has 5 rings (SSSR count). The zero-order valence-electron chi connectivity index (χ0n) is 22.7. The molecule has 4 heterocycles. The van der Waals surface area contributed by atoms with Crippen molar-refractivity contribution in [1.82, 2.24) is 20.1 Å². The predicted octanol–water partition coefficient (Wildman–Crippen LogP) is 1.44. The zero-order chi connectivity index (χ0) is 28.8. The van der Waals surface area contributed by atoms with Crippen LogP contribution in [-0.4, -0.2) is 109 Å². The second-order valence-electron chi connectivity index (χ2n) is 11.3. The Morgan fingerprint density at radius 1 is 1.27 bits per heavy atom. The molecular weight excluding hydrogens is 542 g/mol. The minimum absolute atomic E-state index is 0.0264. The molecule has 3 saturated heterocycles. The van der Waals surface area contributed by atoms with Crippen molar-refractivity contribution in [2.24, 2.45) is 5.73 Å². The predicted molar refractivity (Wildman–Crippen MR) is 146 cm³/mol. The van der Waals surface area contributed by atoms with Crippen LogP contribution in [0.2, 0.25) is 0 Å². The summed E-state index contributed by atoms with van der Waals surface area (Å²) < 4.78 is 35.4. The number of piperazine rings is 1. The van der Waals surface area contributed by atoms with Gasteiger partial charge in [-0.15, -0.1) is 11.3 Å². The second-order valence-corrected chi connectivity index (χ2v) is 12.1. The van der Waals surface area contributed by atoms with Gasteiger partial charge in [0.25, 0.3) is 5.91 Å². The summed E-state index contributed by atoms with van der Waals surface area (Å²) >= 11 is 1.44. The highest BCUT2D eigenvalue weighted by molar-refractivity contribution is 7.14. The lowest BCUT2D eigenvalue weighted by Gasteiger charge is -2.32. The van der Waals surface area contributed by atoms with Gasteiger partial charge in [0.05, 0.1) is 11.7 Å². The van der Waals surface area contributed by atoms with Crippen LogP contribution in [0.5, 0.6) is 0 Å². The number of amides is 2. The lowest BCUT2D eigenvalue weighted by Crippen LogP contribution is -2.53. The average Bonchev–Trinajstić information content (AvgIpc) is 3.61. The first kappa shape index (κ1) is 28.5. The van der Waals surface area contributed by atoms with E-state index in [4.69, 9.17) is 10.5 Å². The Kier molecular flexibility index (Phi) is 7.92. The molecule has 0 aliphatic carbocycles. The summed E-state index contributed by atoms with van der Waals surface area (Å²) in [6.45, 7) is 6.00. The Hall–Kier alpha value is -3.00. The topological polar surface area (TPSA) is 121 Å². The minimum atomic E-state index is -1.81. The molecule has 4 atom stereocenters. The molecule has 2 aromatic rings. The van der Waals surface area contributed by atoms with Gasteiger partial charge in [0, 0.05) is 55.7 Å². The molecule has 216 valence electrons. The van der Waals surface area contributed by atoms with E-state index in [1.807, 2.05) is 0 Å². The van der Waals surface area contributed by atoms with E-state index in [1.165, 1.54) is 42.2 Å². The molecule has 3 fully saturated rings. The van der Waals surface area contributed by atoms with Crippen molar-refractivity contribution in [1.29, 1.82) is 0 Å². The monoisotopic (exact) mass is 576 g/mol. The number of nitrogens with zero attached hydrogens (tertiary/aromatic N) is 4. The normalized spacial score (nSPS) is 24.4. The first-order valence-corrected chi connectivity index (χ1v) is 14.2. The van der Waals surface area contributed by atoms with E-state index in [0.29, 0.717) is 5.69 Å². The van der Waals surface area contributed by atoms with Crippen LogP contribution in [0.25, 0.3) is 11.3 Å². The number of benzene rings is 1. The number of carbonyl (C=O) groups is 3. The molecule has 13 heteroatoms. The third-order valence-electron chi connectivity index (χ3n) is 7.57. The van der Waals surface area contributed by atoms with Crippen LogP contribution in [0.15, 0.2) is 23.6 Å². The number of ketones is 1. The number of alkyl halides is 1. The van der Waals surface area contributed by atoms with Crippen molar-refractivity contribution >= 4 is 34.1 Å². The van der Waals surface area contributed by atoms with Gasteiger partial charge in [0.2, 0.25) is 5.91 Å². The molecule has 3 aliphatic heterocycles. The van der Waals surface area contributed by atoms with E-state index < -0.39 is 47.5 Å². The van der Waals surface area contributed by atoms with Gasteiger partial charge >= 0.3 is 0 Å². The van der Waals surface area contributed by atoms with Gasteiger partial charge < -0.3 is 30.5 Å². The number of aromatic nitrogens is 1. The number of thiazole rings is 1. The molecular formula is C27H34F2N6O4S. The van der Waals surface area contributed by atoms with Crippen molar-refractivity contribution < 1.29 is 27.9 Å². The number of halogens is 2. The van der Waals surface area contributed by atoms with Crippen molar-refractivity contribution in [2.75, 3.05) is 51.3 Å². The molecule has 0 bridgehead atoms. The maximum atomic E-state index is 15.2. The van der Waals surface area contributed by atoms with Crippen molar-refractivity contribution in [3.05, 3.63) is 35.0 Å². The summed E-state index contributed by atoms with van der Waals surface area (Å²) in [7, 11) is 2.07. The number of Topliss-reactive ketones (excluding diaryl/α,β-unsaturated/α-hetero) is 1. The quantitative estimate of drug-likeness (QED) is 0.508. The SMILES string of the molecule is CN1CCN(c2nc(-c3ccc(C(=O)NC(CC(C)(C)F)C(=O)N4CC(N)C5OCC(=O)C54)cc3F)cs2)CC1. The highest BCUT2D eigenvalue weighted by atomic mass is 32.1. The van der Waals surface area contributed by atoms with E-state index in [2.05, 4.69) is 27.1 Å². The fraction of sp³-hybridized carbons (Fsp3) is 0.556. The Balaban J connectivity index is 1.31. The number of nitrogens with two attached hydrogens (primary N) is 1.